The molecule has 0 atom stereocenters. The number of carbonyl (C=O) groups excluding carboxylic acids is 1. The normalized spacial score (nSPS) is 13.2. The van der Waals surface area contributed by atoms with Gasteiger partial charge in [0.25, 0.3) is 5.91 Å². The van der Waals surface area contributed by atoms with Crippen LogP contribution in [0.5, 0.6) is 5.75 Å². The van der Waals surface area contributed by atoms with Crippen LogP contribution in [0.4, 0.5) is 22.7 Å². The number of rotatable bonds is 2. The number of hydrogen-bond donors (Lipinski definition) is 3. The molecule has 2 aromatic rings. The molecule has 4 N–H and O–H groups in total. The van der Waals surface area contributed by atoms with Crippen LogP contribution in [0.2, 0.25) is 0 Å². The Kier molecular flexibility index (Phi) is 2.72. The SMILES string of the molecule is Nc1ccccc1Nc1ccc2c(c1)NC(=O)CO2. The molecule has 19 heavy (non-hydrogen) atoms. The highest BCUT2D eigenvalue weighted by Crippen LogP contribution is 2.32. The molecule has 96 valence electrons. The smallest absolute Gasteiger partial charge is 0.262 e. The summed E-state index contributed by atoms with van der Waals surface area (Å²) in [7, 11) is 0. The first-order valence-corrected chi connectivity index (χ1v) is 5.90. The highest BCUT2D eigenvalue weighted by atomic mass is 16.5. The molecule has 2 aromatic carbocycles. The molecular weight excluding hydrogens is 242 g/mol. The summed E-state index contributed by atoms with van der Waals surface area (Å²) in [6.45, 7) is 0.0609. The third-order valence-corrected chi connectivity index (χ3v) is 2.85. The molecule has 5 heteroatoms. The van der Waals surface area contributed by atoms with Crippen LogP contribution in [-0.2, 0) is 4.79 Å². The minimum Gasteiger partial charge on any atom is -0.482 e. The Labute approximate surface area is 110 Å². The maximum Gasteiger partial charge on any atom is 0.262 e. The van der Waals surface area contributed by atoms with Gasteiger partial charge < -0.3 is 21.1 Å². The van der Waals surface area contributed by atoms with Crippen LogP contribution in [0.3, 0.4) is 0 Å². The van der Waals surface area contributed by atoms with Gasteiger partial charge in [-0.3, -0.25) is 4.79 Å². The number of nitrogen functional groups attached to an aromatic ring is 1. The van der Waals surface area contributed by atoms with E-state index < -0.39 is 0 Å². The number of para-hydroxylation sites is 2. The third-order valence-electron chi connectivity index (χ3n) is 2.85. The monoisotopic (exact) mass is 255 g/mol. The lowest BCUT2D eigenvalue weighted by atomic mass is 10.2. The lowest BCUT2D eigenvalue weighted by Crippen LogP contribution is -2.25. The number of hydrogen-bond acceptors (Lipinski definition) is 4. The zero-order valence-electron chi connectivity index (χ0n) is 10.1. The van der Waals surface area contributed by atoms with E-state index in [1.54, 1.807) is 0 Å². The first-order chi connectivity index (χ1) is 9.22. The van der Waals surface area contributed by atoms with E-state index in [-0.39, 0.29) is 12.5 Å². The molecule has 5 nitrogen and oxygen atoms in total. The number of ether oxygens (including phenoxy) is 1. The molecule has 0 spiro atoms. The van der Waals surface area contributed by atoms with Gasteiger partial charge in [-0.05, 0) is 30.3 Å². The highest BCUT2D eigenvalue weighted by Gasteiger charge is 2.15. The van der Waals surface area contributed by atoms with Crippen molar-refractivity contribution < 1.29 is 9.53 Å². The number of amides is 1. The summed E-state index contributed by atoms with van der Waals surface area (Å²) in [6.07, 6.45) is 0. The zero-order chi connectivity index (χ0) is 13.2. The maximum atomic E-state index is 11.3. The molecule has 1 heterocycles. The topological polar surface area (TPSA) is 76.4 Å². The van der Waals surface area contributed by atoms with Gasteiger partial charge in [-0.25, -0.2) is 0 Å². The van der Waals surface area contributed by atoms with Gasteiger partial charge in [0.15, 0.2) is 6.61 Å². The number of carbonyl (C=O) groups is 1. The first-order valence-electron chi connectivity index (χ1n) is 5.90. The summed E-state index contributed by atoms with van der Waals surface area (Å²) in [5.74, 6) is 0.523. The van der Waals surface area contributed by atoms with Crippen LogP contribution in [-0.4, -0.2) is 12.5 Å². The van der Waals surface area contributed by atoms with Crippen LogP contribution in [0, 0.1) is 0 Å². The Bertz CT molecular complexity index is 640. The molecular formula is C14H13N3O2. The van der Waals surface area contributed by atoms with Gasteiger partial charge in [-0.2, -0.15) is 0 Å². The van der Waals surface area contributed by atoms with E-state index in [1.807, 2.05) is 42.5 Å². The summed E-state index contributed by atoms with van der Waals surface area (Å²) in [5.41, 5.74) is 8.86. The Morgan fingerprint density at radius 3 is 2.89 bits per heavy atom. The van der Waals surface area contributed by atoms with Gasteiger partial charge in [0.2, 0.25) is 0 Å². The fourth-order valence-electron chi connectivity index (χ4n) is 1.93. The van der Waals surface area contributed by atoms with Crippen molar-refractivity contribution in [2.24, 2.45) is 0 Å². The molecule has 0 aromatic heterocycles. The van der Waals surface area contributed by atoms with Crippen molar-refractivity contribution in [2.45, 2.75) is 0 Å². The minimum atomic E-state index is -0.149. The molecule has 0 bridgehead atoms. The average molecular weight is 255 g/mol. The number of nitrogens with two attached hydrogens (primary N) is 1. The third kappa shape index (κ3) is 2.30. The summed E-state index contributed by atoms with van der Waals surface area (Å²) in [4.78, 5) is 11.3. The minimum absolute atomic E-state index is 0.0609. The Balaban J connectivity index is 1.88. The summed E-state index contributed by atoms with van der Waals surface area (Å²) < 4.78 is 5.30. The van der Waals surface area contributed by atoms with E-state index in [2.05, 4.69) is 10.6 Å². The molecule has 3 rings (SSSR count). The fourth-order valence-corrected chi connectivity index (χ4v) is 1.93. The lowest BCUT2D eigenvalue weighted by Gasteiger charge is -2.19. The molecule has 0 aliphatic carbocycles. The molecule has 1 amide bonds. The van der Waals surface area contributed by atoms with Crippen molar-refractivity contribution in [3.8, 4) is 5.75 Å². The summed E-state index contributed by atoms with van der Waals surface area (Å²) in [5, 5.41) is 5.97. The maximum absolute atomic E-state index is 11.3. The van der Waals surface area contributed by atoms with Crippen LogP contribution in [0.15, 0.2) is 42.5 Å². The van der Waals surface area contributed by atoms with E-state index >= 15 is 0 Å². The predicted octanol–water partition coefficient (Wildman–Crippen LogP) is 2.34. The van der Waals surface area contributed by atoms with E-state index in [0.29, 0.717) is 17.1 Å². The van der Waals surface area contributed by atoms with Crippen LogP contribution in [0.1, 0.15) is 0 Å². The first kappa shape index (κ1) is 11.4. The molecule has 0 fully saturated rings. The standard InChI is InChI=1S/C14H13N3O2/c15-10-3-1-2-4-11(10)16-9-5-6-13-12(7-9)17-14(18)8-19-13/h1-7,16H,8,15H2,(H,17,18). The Morgan fingerprint density at radius 1 is 1.21 bits per heavy atom. The van der Waals surface area contributed by atoms with Gasteiger partial charge in [0, 0.05) is 5.69 Å². The van der Waals surface area contributed by atoms with Gasteiger partial charge >= 0.3 is 0 Å². The molecule has 0 unspecified atom stereocenters. The Hall–Kier alpha value is -2.69. The van der Waals surface area contributed by atoms with E-state index in [0.717, 1.165) is 11.4 Å². The predicted molar refractivity (Wildman–Crippen MR) is 74.7 cm³/mol. The van der Waals surface area contributed by atoms with Crippen molar-refractivity contribution in [3.05, 3.63) is 42.5 Å². The van der Waals surface area contributed by atoms with Crippen molar-refractivity contribution in [1.82, 2.24) is 0 Å². The van der Waals surface area contributed by atoms with Gasteiger partial charge in [-0.15, -0.1) is 0 Å². The second-order valence-electron chi connectivity index (χ2n) is 4.26. The molecule has 0 radical (unpaired) electrons. The van der Waals surface area contributed by atoms with E-state index in [1.165, 1.54) is 0 Å². The molecule has 1 aliphatic rings. The summed E-state index contributed by atoms with van der Waals surface area (Å²) in [6, 6.07) is 13.0. The molecule has 0 saturated heterocycles. The van der Waals surface area contributed by atoms with Gasteiger partial charge in [-0.1, -0.05) is 12.1 Å². The van der Waals surface area contributed by atoms with Gasteiger partial charge in [0.05, 0.1) is 17.1 Å². The highest BCUT2D eigenvalue weighted by molar-refractivity contribution is 5.96. The van der Waals surface area contributed by atoms with Crippen molar-refractivity contribution in [3.63, 3.8) is 0 Å². The largest absolute Gasteiger partial charge is 0.482 e. The Morgan fingerprint density at radius 2 is 2.05 bits per heavy atom. The van der Waals surface area contributed by atoms with Crippen LogP contribution < -0.4 is 21.1 Å². The fraction of sp³-hybridized carbons (Fsp3) is 0.0714. The lowest BCUT2D eigenvalue weighted by molar-refractivity contribution is -0.118. The van der Waals surface area contributed by atoms with Crippen LogP contribution >= 0.6 is 0 Å². The van der Waals surface area contributed by atoms with Gasteiger partial charge in [0.1, 0.15) is 5.75 Å². The molecule has 0 saturated carbocycles. The second-order valence-corrected chi connectivity index (χ2v) is 4.26. The quantitative estimate of drug-likeness (QED) is 0.720. The van der Waals surface area contributed by atoms with Crippen molar-refractivity contribution in [1.29, 1.82) is 0 Å². The molecule has 1 aliphatic heterocycles. The van der Waals surface area contributed by atoms with E-state index in [9.17, 15) is 4.79 Å². The number of benzene rings is 2. The number of anilines is 4. The summed E-state index contributed by atoms with van der Waals surface area (Å²) >= 11 is 0. The van der Waals surface area contributed by atoms with Crippen molar-refractivity contribution >= 4 is 28.7 Å². The van der Waals surface area contributed by atoms with Crippen LogP contribution in [0.25, 0.3) is 0 Å². The average Bonchev–Trinajstić information content (AvgIpc) is 2.41. The number of fused-ring (bicyclic) bond motifs is 1. The number of nitrogens with one attached hydrogen (secondary N) is 2. The van der Waals surface area contributed by atoms with Crippen molar-refractivity contribution in [2.75, 3.05) is 23.0 Å². The second kappa shape index (κ2) is 4.53. The van der Waals surface area contributed by atoms with E-state index in [4.69, 9.17) is 10.5 Å². The zero-order valence-corrected chi connectivity index (χ0v) is 10.1.